The summed E-state index contributed by atoms with van der Waals surface area (Å²) >= 11 is 1.32. The molecule has 3 rings (SSSR count). The van der Waals surface area contributed by atoms with Crippen LogP contribution in [-0.2, 0) is 23.8 Å². The van der Waals surface area contributed by atoms with Crippen molar-refractivity contribution >= 4 is 17.3 Å². The van der Waals surface area contributed by atoms with E-state index in [4.69, 9.17) is 9.84 Å². The van der Waals surface area contributed by atoms with Gasteiger partial charge in [-0.2, -0.15) is 13.2 Å². The fraction of sp³-hybridized carbons (Fsp3) is 0.250. The second kappa shape index (κ2) is 9.04. The Balaban J connectivity index is 1.54. The number of carboxylic acid groups (broad SMARTS) is 1. The van der Waals surface area contributed by atoms with Crippen LogP contribution >= 0.6 is 11.3 Å². The highest BCUT2D eigenvalue weighted by Gasteiger charge is 2.32. The van der Waals surface area contributed by atoms with Gasteiger partial charge in [0.1, 0.15) is 11.4 Å². The molecule has 2 heterocycles. The normalized spacial score (nSPS) is 11.4. The van der Waals surface area contributed by atoms with Gasteiger partial charge in [-0.15, -0.1) is 11.3 Å². The molecule has 0 saturated heterocycles. The van der Waals surface area contributed by atoms with Crippen LogP contribution in [-0.4, -0.2) is 27.7 Å². The van der Waals surface area contributed by atoms with Crippen molar-refractivity contribution < 1.29 is 27.8 Å². The second-order valence-electron chi connectivity index (χ2n) is 6.17. The van der Waals surface area contributed by atoms with E-state index in [1.165, 1.54) is 11.3 Å². The molecule has 0 atom stereocenters. The first-order valence-corrected chi connectivity index (χ1v) is 9.56. The first kappa shape index (κ1) is 20.8. The molecule has 0 amide bonds. The second-order valence-corrected chi connectivity index (χ2v) is 7.33. The van der Waals surface area contributed by atoms with Gasteiger partial charge >= 0.3 is 12.1 Å². The Morgan fingerprint density at radius 1 is 1.07 bits per heavy atom. The number of aromatic nitrogens is 2. The van der Waals surface area contributed by atoms with Gasteiger partial charge in [0.15, 0.2) is 5.82 Å². The summed E-state index contributed by atoms with van der Waals surface area (Å²) in [6.07, 6.45) is -2.27. The van der Waals surface area contributed by atoms with Crippen molar-refractivity contribution in [3.8, 4) is 16.5 Å². The molecule has 0 unspecified atom stereocenters. The van der Waals surface area contributed by atoms with E-state index >= 15 is 0 Å². The summed E-state index contributed by atoms with van der Waals surface area (Å²) in [5.74, 6) is -0.118. The molecule has 0 aliphatic carbocycles. The number of halogens is 3. The average molecular weight is 422 g/mol. The molecule has 0 radical (unpaired) electrons. The van der Waals surface area contributed by atoms with Gasteiger partial charge in [-0.1, -0.05) is 12.1 Å². The van der Waals surface area contributed by atoms with E-state index in [0.717, 1.165) is 22.7 Å². The number of aryl methyl sites for hydroxylation is 1. The number of benzene rings is 1. The monoisotopic (exact) mass is 422 g/mol. The van der Waals surface area contributed by atoms with Crippen LogP contribution in [0.4, 0.5) is 13.2 Å². The zero-order valence-electron chi connectivity index (χ0n) is 15.1. The summed E-state index contributed by atoms with van der Waals surface area (Å²) in [6, 6.07) is 11.6. The van der Waals surface area contributed by atoms with Crippen molar-refractivity contribution in [1.82, 2.24) is 9.97 Å². The van der Waals surface area contributed by atoms with Gasteiger partial charge < -0.3 is 9.84 Å². The summed E-state index contributed by atoms with van der Waals surface area (Å²) in [5.41, 5.74) is -0.0451. The molecule has 1 N–H and O–H groups in total. The fourth-order valence-corrected chi connectivity index (χ4v) is 3.47. The zero-order valence-corrected chi connectivity index (χ0v) is 16.0. The Bertz CT molecular complexity index is 972. The van der Waals surface area contributed by atoms with E-state index in [1.54, 1.807) is 18.2 Å². The molecule has 2 aromatic heterocycles. The lowest BCUT2D eigenvalue weighted by atomic mass is 10.1. The number of carbonyl (C=O) groups is 1. The highest BCUT2D eigenvalue weighted by Crippen LogP contribution is 2.31. The Morgan fingerprint density at radius 3 is 2.52 bits per heavy atom. The first-order valence-electron chi connectivity index (χ1n) is 8.74. The molecule has 0 saturated carbocycles. The molecule has 0 bridgehead atoms. The van der Waals surface area contributed by atoms with E-state index in [0.29, 0.717) is 30.1 Å². The van der Waals surface area contributed by atoms with Gasteiger partial charge in [0.25, 0.3) is 0 Å². The Labute approximate surface area is 168 Å². The summed E-state index contributed by atoms with van der Waals surface area (Å²) in [7, 11) is 0. The molecular weight excluding hydrogens is 405 g/mol. The molecule has 0 aliphatic heterocycles. The number of rotatable bonds is 8. The van der Waals surface area contributed by atoms with E-state index in [-0.39, 0.29) is 12.2 Å². The molecule has 152 valence electrons. The van der Waals surface area contributed by atoms with Gasteiger partial charge in [-0.3, -0.25) is 4.79 Å². The number of aliphatic carboxylic acids is 1. The van der Waals surface area contributed by atoms with Gasteiger partial charge in [0.05, 0.1) is 11.5 Å². The van der Waals surface area contributed by atoms with Crippen LogP contribution in [0.15, 0.2) is 48.7 Å². The minimum absolute atomic E-state index is 0.0499. The molecule has 5 nitrogen and oxygen atoms in total. The Morgan fingerprint density at radius 2 is 1.83 bits per heavy atom. The van der Waals surface area contributed by atoms with Crippen molar-refractivity contribution in [2.75, 3.05) is 6.61 Å². The lowest BCUT2D eigenvalue weighted by Gasteiger charge is -2.06. The van der Waals surface area contributed by atoms with Crippen LogP contribution in [0, 0.1) is 0 Å². The van der Waals surface area contributed by atoms with Crippen LogP contribution in [0.2, 0.25) is 0 Å². The molecule has 0 aliphatic rings. The maximum atomic E-state index is 12.8. The molecule has 3 aromatic rings. The predicted octanol–water partition coefficient (Wildman–Crippen LogP) is 4.86. The van der Waals surface area contributed by atoms with Crippen LogP contribution in [0.1, 0.15) is 22.6 Å². The van der Waals surface area contributed by atoms with Crippen molar-refractivity contribution in [1.29, 1.82) is 0 Å². The lowest BCUT2D eigenvalue weighted by molar-refractivity contribution is -0.141. The van der Waals surface area contributed by atoms with Crippen LogP contribution in [0.5, 0.6) is 5.75 Å². The third-order valence-electron chi connectivity index (χ3n) is 4.00. The maximum Gasteiger partial charge on any atom is 0.433 e. The van der Waals surface area contributed by atoms with Gasteiger partial charge in [0, 0.05) is 23.9 Å². The quantitative estimate of drug-likeness (QED) is 0.561. The predicted molar refractivity (Wildman–Crippen MR) is 102 cm³/mol. The van der Waals surface area contributed by atoms with Crippen molar-refractivity contribution in [2.45, 2.75) is 25.4 Å². The van der Waals surface area contributed by atoms with Gasteiger partial charge in [-0.25, -0.2) is 9.97 Å². The summed E-state index contributed by atoms with van der Waals surface area (Å²) < 4.78 is 44.1. The fourth-order valence-electron chi connectivity index (χ4n) is 2.54. The topological polar surface area (TPSA) is 72.3 Å². The zero-order chi connectivity index (χ0) is 20.9. The standard InChI is InChI=1S/C20H17F3N2O3S/c21-20(22,23)17-9-11-24-19(25-17)16-7-6-15(29-16)10-12-28-14-4-1-13(2-5-14)3-8-18(26)27/h1-2,4-7,9,11H,3,8,10,12H2,(H,26,27). The molecule has 0 spiro atoms. The first-order chi connectivity index (χ1) is 13.8. The summed E-state index contributed by atoms with van der Waals surface area (Å²) in [4.78, 5) is 19.6. The molecule has 9 heteroatoms. The van der Waals surface area contributed by atoms with E-state index < -0.39 is 17.8 Å². The number of nitrogens with zero attached hydrogens (tertiary/aromatic N) is 2. The minimum atomic E-state index is -4.51. The molecule has 1 aromatic carbocycles. The van der Waals surface area contributed by atoms with E-state index in [9.17, 15) is 18.0 Å². The lowest BCUT2D eigenvalue weighted by Crippen LogP contribution is -2.08. The van der Waals surface area contributed by atoms with Gasteiger partial charge in [0.2, 0.25) is 0 Å². The number of alkyl halides is 3. The number of carboxylic acids is 1. The molecular formula is C20H17F3N2O3S. The van der Waals surface area contributed by atoms with Crippen molar-refractivity contribution in [3.63, 3.8) is 0 Å². The SMILES string of the molecule is O=C(O)CCc1ccc(OCCc2ccc(-c3nccc(C(F)(F)F)n3)s2)cc1. The van der Waals surface area contributed by atoms with Crippen molar-refractivity contribution in [2.24, 2.45) is 0 Å². The number of thiophene rings is 1. The average Bonchev–Trinajstić information content (AvgIpc) is 3.16. The highest BCUT2D eigenvalue weighted by atomic mass is 32.1. The van der Waals surface area contributed by atoms with Crippen molar-refractivity contribution in [3.05, 3.63) is 64.8 Å². The Kier molecular flexibility index (Phi) is 6.48. The summed E-state index contributed by atoms with van der Waals surface area (Å²) in [6.45, 7) is 0.401. The third kappa shape index (κ3) is 6.02. The molecule has 29 heavy (non-hydrogen) atoms. The highest BCUT2D eigenvalue weighted by molar-refractivity contribution is 7.15. The minimum Gasteiger partial charge on any atom is -0.493 e. The smallest absolute Gasteiger partial charge is 0.433 e. The Hall–Kier alpha value is -2.94. The molecule has 0 fully saturated rings. The van der Waals surface area contributed by atoms with Crippen LogP contribution < -0.4 is 4.74 Å². The maximum absolute atomic E-state index is 12.8. The van der Waals surface area contributed by atoms with Crippen LogP contribution in [0.25, 0.3) is 10.7 Å². The largest absolute Gasteiger partial charge is 0.493 e. The van der Waals surface area contributed by atoms with Crippen LogP contribution in [0.3, 0.4) is 0 Å². The third-order valence-corrected chi connectivity index (χ3v) is 5.14. The number of hydrogen-bond donors (Lipinski definition) is 1. The van der Waals surface area contributed by atoms with E-state index in [2.05, 4.69) is 9.97 Å². The van der Waals surface area contributed by atoms with Gasteiger partial charge in [-0.05, 0) is 42.3 Å². The number of hydrogen-bond acceptors (Lipinski definition) is 5. The summed E-state index contributed by atoms with van der Waals surface area (Å²) in [5, 5.41) is 8.70. The number of ether oxygens (including phenoxy) is 1. The van der Waals surface area contributed by atoms with E-state index in [1.807, 2.05) is 18.2 Å².